The average Bonchev–Trinajstić information content (AvgIpc) is 2.31. The topological polar surface area (TPSA) is 77.4 Å². The van der Waals surface area contributed by atoms with E-state index in [0.29, 0.717) is 13.2 Å². The van der Waals surface area contributed by atoms with Crippen molar-refractivity contribution < 1.29 is 29.2 Å². The molecule has 110 valence electrons. The molecule has 0 aromatic heterocycles. The molecule has 0 aromatic carbocycles. The van der Waals surface area contributed by atoms with E-state index in [4.69, 9.17) is 29.2 Å². The SMILES string of the molecule is COC(C)COCC(COC(C)O)OCC(C)O. The molecule has 0 aliphatic heterocycles. The van der Waals surface area contributed by atoms with Gasteiger partial charge in [0, 0.05) is 7.11 Å². The lowest BCUT2D eigenvalue weighted by Crippen LogP contribution is -2.31. The second-order valence-corrected chi connectivity index (χ2v) is 4.32. The van der Waals surface area contributed by atoms with E-state index in [0.717, 1.165) is 0 Å². The molecule has 0 fully saturated rings. The smallest absolute Gasteiger partial charge is 0.151 e. The van der Waals surface area contributed by atoms with E-state index >= 15 is 0 Å². The van der Waals surface area contributed by atoms with Crippen LogP contribution in [0.15, 0.2) is 0 Å². The molecule has 0 heterocycles. The molecule has 0 aromatic rings. The number of hydrogen-bond donors (Lipinski definition) is 2. The predicted molar refractivity (Wildman–Crippen MR) is 66.3 cm³/mol. The van der Waals surface area contributed by atoms with Crippen LogP contribution in [0.3, 0.4) is 0 Å². The van der Waals surface area contributed by atoms with Gasteiger partial charge in [0.2, 0.25) is 0 Å². The molecule has 0 amide bonds. The van der Waals surface area contributed by atoms with Crippen molar-refractivity contribution in [1.29, 1.82) is 0 Å². The van der Waals surface area contributed by atoms with Gasteiger partial charge >= 0.3 is 0 Å². The Morgan fingerprint density at radius 1 is 0.889 bits per heavy atom. The number of aliphatic hydroxyl groups is 2. The van der Waals surface area contributed by atoms with Crippen molar-refractivity contribution in [2.24, 2.45) is 0 Å². The number of ether oxygens (including phenoxy) is 4. The third-order valence-corrected chi connectivity index (χ3v) is 2.16. The molecule has 0 aliphatic rings. The zero-order chi connectivity index (χ0) is 14.0. The quantitative estimate of drug-likeness (QED) is 0.519. The summed E-state index contributed by atoms with van der Waals surface area (Å²) in [5, 5.41) is 18.2. The van der Waals surface area contributed by atoms with Crippen molar-refractivity contribution in [2.45, 2.75) is 45.4 Å². The van der Waals surface area contributed by atoms with E-state index < -0.39 is 12.4 Å². The summed E-state index contributed by atoms with van der Waals surface area (Å²) in [7, 11) is 1.62. The van der Waals surface area contributed by atoms with Gasteiger partial charge in [-0.3, -0.25) is 0 Å². The fourth-order valence-corrected chi connectivity index (χ4v) is 1.10. The van der Waals surface area contributed by atoms with E-state index in [9.17, 15) is 0 Å². The minimum atomic E-state index is -0.847. The van der Waals surface area contributed by atoms with Gasteiger partial charge in [-0.2, -0.15) is 0 Å². The van der Waals surface area contributed by atoms with E-state index in [2.05, 4.69) is 0 Å². The van der Waals surface area contributed by atoms with Crippen LogP contribution in [0.25, 0.3) is 0 Å². The molecule has 0 radical (unpaired) electrons. The summed E-state index contributed by atoms with van der Waals surface area (Å²) in [6.45, 7) is 6.27. The molecular weight excluding hydrogens is 240 g/mol. The van der Waals surface area contributed by atoms with E-state index in [1.165, 1.54) is 6.92 Å². The van der Waals surface area contributed by atoms with Crippen LogP contribution < -0.4 is 0 Å². The third kappa shape index (κ3) is 10.9. The van der Waals surface area contributed by atoms with Crippen molar-refractivity contribution in [2.75, 3.05) is 33.5 Å². The Labute approximate surface area is 109 Å². The van der Waals surface area contributed by atoms with Crippen LogP contribution in [0.1, 0.15) is 20.8 Å². The number of aliphatic hydroxyl groups excluding tert-OH is 2. The maximum Gasteiger partial charge on any atom is 0.151 e. The van der Waals surface area contributed by atoms with Gasteiger partial charge in [0.05, 0.1) is 38.6 Å². The van der Waals surface area contributed by atoms with Crippen LogP contribution in [0, 0.1) is 0 Å². The number of hydrogen-bond acceptors (Lipinski definition) is 6. The minimum absolute atomic E-state index is 0.0140. The molecule has 0 spiro atoms. The molecule has 2 N–H and O–H groups in total. The summed E-state index contributed by atoms with van der Waals surface area (Å²) in [6, 6.07) is 0. The van der Waals surface area contributed by atoms with Crippen LogP contribution >= 0.6 is 0 Å². The van der Waals surface area contributed by atoms with E-state index in [-0.39, 0.29) is 25.4 Å². The number of methoxy groups -OCH3 is 1. The van der Waals surface area contributed by atoms with Crippen molar-refractivity contribution in [1.82, 2.24) is 0 Å². The molecule has 0 rings (SSSR count). The first-order chi connectivity index (χ1) is 8.45. The van der Waals surface area contributed by atoms with Gasteiger partial charge < -0.3 is 29.2 Å². The van der Waals surface area contributed by atoms with Crippen LogP contribution in [-0.2, 0) is 18.9 Å². The second-order valence-electron chi connectivity index (χ2n) is 4.32. The fourth-order valence-electron chi connectivity index (χ4n) is 1.10. The van der Waals surface area contributed by atoms with Gasteiger partial charge in [0.25, 0.3) is 0 Å². The first kappa shape index (κ1) is 17.8. The second kappa shape index (κ2) is 10.7. The third-order valence-electron chi connectivity index (χ3n) is 2.16. The lowest BCUT2D eigenvalue weighted by molar-refractivity contribution is -0.141. The van der Waals surface area contributed by atoms with Gasteiger partial charge in [-0.1, -0.05) is 0 Å². The van der Waals surface area contributed by atoms with Gasteiger partial charge in [0.1, 0.15) is 6.10 Å². The fraction of sp³-hybridized carbons (Fsp3) is 1.00. The van der Waals surface area contributed by atoms with Crippen molar-refractivity contribution >= 4 is 0 Å². The Bertz CT molecular complexity index is 173. The lowest BCUT2D eigenvalue weighted by atomic mass is 10.3. The van der Waals surface area contributed by atoms with Crippen LogP contribution in [0.5, 0.6) is 0 Å². The molecule has 0 aliphatic carbocycles. The highest BCUT2D eigenvalue weighted by molar-refractivity contribution is 4.58. The monoisotopic (exact) mass is 266 g/mol. The highest BCUT2D eigenvalue weighted by atomic mass is 16.6. The zero-order valence-corrected chi connectivity index (χ0v) is 11.7. The summed E-state index contributed by atoms with van der Waals surface area (Å²) < 4.78 is 20.9. The Kier molecular flexibility index (Phi) is 10.5. The Morgan fingerprint density at radius 2 is 1.56 bits per heavy atom. The van der Waals surface area contributed by atoms with Crippen molar-refractivity contribution in [3.05, 3.63) is 0 Å². The summed E-state index contributed by atoms with van der Waals surface area (Å²) >= 11 is 0. The minimum Gasteiger partial charge on any atom is -0.391 e. The molecule has 0 bridgehead atoms. The van der Waals surface area contributed by atoms with E-state index in [1.54, 1.807) is 14.0 Å². The molecule has 0 saturated carbocycles. The highest BCUT2D eigenvalue weighted by Crippen LogP contribution is 2.00. The van der Waals surface area contributed by atoms with Crippen molar-refractivity contribution in [3.8, 4) is 0 Å². The molecule has 18 heavy (non-hydrogen) atoms. The maximum absolute atomic E-state index is 9.15. The summed E-state index contributed by atoms with van der Waals surface area (Å²) in [5.74, 6) is 0. The Morgan fingerprint density at radius 3 is 2.06 bits per heavy atom. The van der Waals surface area contributed by atoms with Gasteiger partial charge in [0.15, 0.2) is 6.29 Å². The molecule has 0 saturated heterocycles. The van der Waals surface area contributed by atoms with Gasteiger partial charge in [-0.05, 0) is 20.8 Å². The molecule has 4 atom stereocenters. The lowest BCUT2D eigenvalue weighted by Gasteiger charge is -2.20. The molecule has 6 nitrogen and oxygen atoms in total. The summed E-state index contributed by atoms with van der Waals surface area (Å²) in [6.07, 6.45) is -1.70. The van der Waals surface area contributed by atoms with Crippen LogP contribution in [0.2, 0.25) is 0 Å². The average molecular weight is 266 g/mol. The van der Waals surface area contributed by atoms with Crippen LogP contribution in [0.4, 0.5) is 0 Å². The summed E-state index contributed by atoms with van der Waals surface area (Å²) in [4.78, 5) is 0. The normalized spacial score (nSPS) is 18.3. The maximum atomic E-state index is 9.15. The summed E-state index contributed by atoms with van der Waals surface area (Å²) in [5.41, 5.74) is 0. The first-order valence-electron chi connectivity index (χ1n) is 6.15. The van der Waals surface area contributed by atoms with Gasteiger partial charge in [-0.15, -0.1) is 0 Å². The Hall–Kier alpha value is -0.240. The molecular formula is C12H26O6. The first-order valence-corrected chi connectivity index (χ1v) is 6.15. The zero-order valence-electron chi connectivity index (χ0n) is 11.7. The number of rotatable bonds is 11. The van der Waals surface area contributed by atoms with E-state index in [1.807, 2.05) is 6.92 Å². The van der Waals surface area contributed by atoms with Crippen molar-refractivity contribution in [3.63, 3.8) is 0 Å². The van der Waals surface area contributed by atoms with Gasteiger partial charge in [-0.25, -0.2) is 0 Å². The predicted octanol–water partition coefficient (Wildman–Crippen LogP) is 0.159. The highest BCUT2D eigenvalue weighted by Gasteiger charge is 2.13. The largest absolute Gasteiger partial charge is 0.391 e. The van der Waals surface area contributed by atoms with Crippen LogP contribution in [-0.4, -0.2) is 68.4 Å². The standard InChI is InChI=1S/C12H26O6/c1-9(13)5-18-12(8-17-11(3)14)7-16-6-10(2)15-4/h9-14H,5-8H2,1-4H3. The Balaban J connectivity index is 3.88. The molecule has 4 unspecified atom stereocenters. The molecule has 6 heteroatoms.